The minimum Gasteiger partial charge on any atom is -0.456 e. The van der Waals surface area contributed by atoms with E-state index in [-0.39, 0.29) is 0 Å². The Morgan fingerprint density at radius 1 is 0.696 bits per heavy atom. The summed E-state index contributed by atoms with van der Waals surface area (Å²) in [6, 6.07) is 41.0. The number of rotatable bonds is 2. The maximum atomic E-state index is 6.77. The molecule has 1 unspecified atom stereocenters. The first-order valence-corrected chi connectivity index (χ1v) is 15.7. The number of pyridine rings is 1. The molecule has 46 heavy (non-hydrogen) atoms. The fourth-order valence-electron chi connectivity index (χ4n) is 8.56. The highest BCUT2D eigenvalue weighted by Crippen LogP contribution is 2.55. The van der Waals surface area contributed by atoms with Crippen molar-refractivity contribution in [1.82, 2.24) is 14.5 Å². The molecule has 11 rings (SSSR count). The van der Waals surface area contributed by atoms with E-state index in [2.05, 4.69) is 160 Å². The van der Waals surface area contributed by atoms with Crippen molar-refractivity contribution in [2.24, 2.45) is 0 Å². The first-order valence-electron chi connectivity index (χ1n) is 15.7. The number of hydrogen-bond donors (Lipinski definition) is 0. The van der Waals surface area contributed by atoms with E-state index < -0.39 is 5.66 Å². The lowest BCUT2D eigenvalue weighted by molar-refractivity contribution is -0.995. The highest BCUT2D eigenvalue weighted by molar-refractivity contribution is 6.11. The minimum absolute atomic E-state index is 0.739. The molecule has 3 aliphatic heterocycles. The normalized spacial score (nSPS) is 16.3. The predicted octanol–water partition coefficient (Wildman–Crippen LogP) is 7.53. The van der Waals surface area contributed by atoms with Gasteiger partial charge in [0.2, 0.25) is 5.69 Å². The van der Waals surface area contributed by atoms with Crippen molar-refractivity contribution in [3.8, 4) is 45.4 Å². The van der Waals surface area contributed by atoms with Crippen LogP contribution in [0.25, 0.3) is 55.7 Å². The van der Waals surface area contributed by atoms with Gasteiger partial charge in [-0.1, -0.05) is 71.4 Å². The van der Waals surface area contributed by atoms with Crippen LogP contribution in [0.4, 0.5) is 0 Å². The van der Waals surface area contributed by atoms with E-state index in [9.17, 15) is 0 Å². The van der Waals surface area contributed by atoms with Gasteiger partial charge in [-0.05, 0) is 83.4 Å². The molecule has 0 saturated carbocycles. The molecule has 0 bridgehead atoms. The summed E-state index contributed by atoms with van der Waals surface area (Å²) in [5.74, 6) is 2.83. The number of fused-ring (bicyclic) bond motifs is 7. The highest BCUT2D eigenvalue weighted by Gasteiger charge is 2.66. The van der Waals surface area contributed by atoms with E-state index in [1.165, 1.54) is 44.1 Å². The first kappa shape index (κ1) is 24.3. The summed E-state index contributed by atoms with van der Waals surface area (Å²) in [4.78, 5) is 2.09. The number of aryl methyl sites for hydroxylation is 2. The maximum Gasteiger partial charge on any atom is 0.337 e. The molecule has 0 aliphatic carbocycles. The number of ether oxygens (including phenoxy) is 1. The second-order valence-corrected chi connectivity index (χ2v) is 12.6. The maximum absolute atomic E-state index is 6.77. The third-order valence-corrected chi connectivity index (χ3v) is 10.2. The second kappa shape index (κ2) is 8.17. The van der Waals surface area contributed by atoms with Gasteiger partial charge in [0, 0.05) is 22.4 Å². The van der Waals surface area contributed by atoms with Crippen LogP contribution >= 0.6 is 0 Å². The molecule has 1 spiro atoms. The van der Waals surface area contributed by atoms with E-state index in [1.807, 2.05) is 0 Å². The van der Waals surface area contributed by atoms with Crippen LogP contribution < -0.4 is 14.0 Å². The Morgan fingerprint density at radius 2 is 1.48 bits per heavy atom. The van der Waals surface area contributed by atoms with Crippen molar-refractivity contribution in [2.45, 2.75) is 19.5 Å². The molecule has 8 aromatic rings. The molecule has 0 N–H and O–H groups in total. The molecule has 6 heterocycles. The van der Waals surface area contributed by atoms with Crippen LogP contribution in [0.5, 0.6) is 11.5 Å². The minimum atomic E-state index is -0.739. The number of hydrogen-bond acceptors (Lipinski definition) is 2. The molecular weight excluding hydrogens is 566 g/mol. The molecule has 1 atom stereocenters. The molecule has 3 aliphatic rings. The lowest BCUT2D eigenvalue weighted by Crippen LogP contribution is -2.76. The van der Waals surface area contributed by atoms with Gasteiger partial charge in [-0.2, -0.15) is 9.13 Å². The Kier molecular flexibility index (Phi) is 4.32. The number of para-hydroxylation sites is 1. The fraction of sp³-hybridized carbons (Fsp3) is 0.0750. The average molecular weight is 594 g/mol. The van der Waals surface area contributed by atoms with Gasteiger partial charge in [-0.25, -0.2) is 0 Å². The second-order valence-electron chi connectivity index (χ2n) is 12.6. The largest absolute Gasteiger partial charge is 0.456 e. The Hall–Kier alpha value is -6.01. The van der Waals surface area contributed by atoms with E-state index in [0.29, 0.717) is 0 Å². The number of nitrogens with zero attached hydrogens (tertiary/aromatic N) is 5. The zero-order chi connectivity index (χ0) is 30.3. The van der Waals surface area contributed by atoms with Crippen molar-refractivity contribution >= 4 is 21.8 Å². The number of aromatic nitrogens is 5. The van der Waals surface area contributed by atoms with Crippen molar-refractivity contribution in [2.75, 3.05) is 0 Å². The fourth-order valence-corrected chi connectivity index (χ4v) is 8.56. The molecule has 0 fully saturated rings. The van der Waals surface area contributed by atoms with E-state index in [1.54, 1.807) is 0 Å². The summed E-state index contributed by atoms with van der Waals surface area (Å²) in [6.45, 7) is 4.40. The summed E-state index contributed by atoms with van der Waals surface area (Å²) < 4.78 is 13.9. The topological polar surface area (TPSA) is 39.7 Å². The van der Waals surface area contributed by atoms with Crippen LogP contribution in [-0.2, 0) is 5.66 Å². The van der Waals surface area contributed by atoms with Gasteiger partial charge in [0.15, 0.2) is 11.7 Å². The quantitative estimate of drug-likeness (QED) is 0.195. The van der Waals surface area contributed by atoms with Crippen LogP contribution in [0.3, 0.4) is 0 Å². The monoisotopic (exact) mass is 593 g/mol. The van der Waals surface area contributed by atoms with Crippen LogP contribution in [0.2, 0.25) is 0 Å². The molecular formula is C40H27N5O+2. The van der Waals surface area contributed by atoms with Crippen LogP contribution in [0.15, 0.2) is 128 Å². The summed E-state index contributed by atoms with van der Waals surface area (Å²) in [7, 11) is 0. The van der Waals surface area contributed by atoms with Crippen molar-refractivity contribution in [1.29, 1.82) is 0 Å². The van der Waals surface area contributed by atoms with Gasteiger partial charge < -0.3 is 4.74 Å². The highest BCUT2D eigenvalue weighted by atomic mass is 16.5. The summed E-state index contributed by atoms with van der Waals surface area (Å²) in [6.07, 6.45) is 4.46. The Bertz CT molecular complexity index is 2620. The third kappa shape index (κ3) is 2.69. The molecule has 5 aromatic carbocycles. The van der Waals surface area contributed by atoms with Crippen LogP contribution in [0, 0.1) is 13.8 Å². The van der Waals surface area contributed by atoms with Crippen LogP contribution in [0.1, 0.15) is 22.3 Å². The zero-order valence-electron chi connectivity index (χ0n) is 25.3. The Morgan fingerprint density at radius 3 is 2.35 bits per heavy atom. The summed E-state index contributed by atoms with van der Waals surface area (Å²) in [5, 5.41) is 7.83. The lowest BCUT2D eigenvalue weighted by Gasteiger charge is -2.34. The molecule has 216 valence electrons. The Balaban J connectivity index is 1.26. The molecule has 0 saturated heterocycles. The van der Waals surface area contributed by atoms with Gasteiger partial charge >= 0.3 is 5.66 Å². The molecule has 3 aromatic heterocycles. The molecule has 0 amide bonds. The van der Waals surface area contributed by atoms with Gasteiger partial charge in [0.25, 0.3) is 5.82 Å². The van der Waals surface area contributed by atoms with Gasteiger partial charge in [-0.3, -0.25) is 0 Å². The third-order valence-electron chi connectivity index (χ3n) is 10.2. The van der Waals surface area contributed by atoms with E-state index in [4.69, 9.17) is 9.84 Å². The van der Waals surface area contributed by atoms with Crippen LogP contribution in [-0.4, -0.2) is 14.5 Å². The molecule has 0 radical (unpaired) electrons. The first-order chi connectivity index (χ1) is 22.6. The predicted molar refractivity (Wildman–Crippen MR) is 177 cm³/mol. The van der Waals surface area contributed by atoms with Gasteiger partial charge in [0.1, 0.15) is 33.8 Å². The van der Waals surface area contributed by atoms with Gasteiger partial charge in [-0.15, -0.1) is 0 Å². The molecule has 6 heteroatoms. The van der Waals surface area contributed by atoms with Crippen molar-refractivity contribution in [3.05, 3.63) is 150 Å². The standard InChI is InChI=1S/C40H27N5O/c1-24-21-27(26-11-4-3-5-12-26)22-25(2)36(24)30-23-43-40-37-32(45(43)41-30)15-10-16-33(37)46-34-19-18-29-28-13-6-7-14-31(28)44(39(29)38(34)40)35-17-8-9-20-42(35)40/h3-23H,1-2H3/q+2. The van der Waals surface area contributed by atoms with Crippen molar-refractivity contribution in [3.63, 3.8) is 0 Å². The van der Waals surface area contributed by atoms with Crippen molar-refractivity contribution < 1.29 is 14.0 Å². The number of benzene rings is 5. The molecule has 6 nitrogen and oxygen atoms in total. The SMILES string of the molecule is Cc1cc(-c2ccccc2)cc(C)c1-c1c[n+]2n(n1)-c1cccc3c1C21c2c(ccc4c5ccccc5n(c24)-c2cccc[n+]21)O3. The Labute approximate surface area is 264 Å². The summed E-state index contributed by atoms with van der Waals surface area (Å²) in [5.41, 5.74) is 11.8. The smallest absolute Gasteiger partial charge is 0.337 e. The zero-order valence-corrected chi connectivity index (χ0v) is 25.3. The van der Waals surface area contributed by atoms with Gasteiger partial charge in [0.05, 0.1) is 11.3 Å². The summed E-state index contributed by atoms with van der Waals surface area (Å²) >= 11 is 0. The lowest BCUT2D eigenvalue weighted by atomic mass is 9.84. The van der Waals surface area contributed by atoms with E-state index in [0.717, 1.165) is 45.4 Å². The average Bonchev–Trinajstić information content (AvgIpc) is 3.75. The van der Waals surface area contributed by atoms with E-state index >= 15 is 0 Å².